The second kappa shape index (κ2) is 11.2. The summed E-state index contributed by atoms with van der Waals surface area (Å²) in [4.78, 5) is 20.4. The third-order valence-corrected chi connectivity index (χ3v) is 9.92. The number of rotatable bonds is 4. The van der Waals surface area contributed by atoms with Crippen LogP contribution in [0.5, 0.6) is 0 Å². The molecule has 4 aromatic heterocycles. The van der Waals surface area contributed by atoms with Crippen molar-refractivity contribution in [2.24, 2.45) is 0 Å². The van der Waals surface area contributed by atoms with Gasteiger partial charge in [-0.3, -0.25) is 0 Å². The SMILES string of the molecule is c1ccc(-c2nc(-c3cccc4cc(-c5cccc6oc7cc8ccccc8nc7c56)ccc34)nc(-c3cccc4oc5ccccc5c34)n2)cc1. The highest BCUT2D eigenvalue weighted by molar-refractivity contribution is 6.14. The van der Waals surface area contributed by atoms with Crippen molar-refractivity contribution in [3.63, 3.8) is 0 Å². The molecule has 0 aliphatic rings. The molecule has 0 N–H and O–H groups in total. The highest BCUT2D eigenvalue weighted by Crippen LogP contribution is 2.40. The molecule has 0 amide bonds. The summed E-state index contributed by atoms with van der Waals surface area (Å²) in [5.41, 5.74) is 9.92. The number of para-hydroxylation sites is 2. The van der Waals surface area contributed by atoms with Crippen molar-refractivity contribution in [2.45, 2.75) is 0 Å². The second-order valence-corrected chi connectivity index (χ2v) is 13.0. The Morgan fingerprint density at radius 3 is 1.90 bits per heavy atom. The van der Waals surface area contributed by atoms with Gasteiger partial charge in [-0.25, -0.2) is 19.9 Å². The van der Waals surface area contributed by atoms with Crippen molar-refractivity contribution in [1.29, 1.82) is 0 Å². The van der Waals surface area contributed by atoms with Crippen LogP contribution in [0.3, 0.4) is 0 Å². The molecule has 0 saturated heterocycles. The van der Waals surface area contributed by atoms with Gasteiger partial charge in [0.2, 0.25) is 0 Å². The average molecular weight is 667 g/mol. The quantitative estimate of drug-likeness (QED) is 0.186. The first-order chi connectivity index (χ1) is 25.7. The number of aromatic nitrogens is 4. The van der Waals surface area contributed by atoms with E-state index in [9.17, 15) is 0 Å². The van der Waals surface area contributed by atoms with Crippen molar-refractivity contribution in [2.75, 3.05) is 0 Å². The van der Waals surface area contributed by atoms with Crippen molar-refractivity contribution in [1.82, 2.24) is 19.9 Å². The molecule has 0 aliphatic heterocycles. The number of furan rings is 2. The van der Waals surface area contributed by atoms with E-state index in [1.54, 1.807) is 0 Å². The normalized spacial score (nSPS) is 11.8. The van der Waals surface area contributed by atoms with Crippen LogP contribution in [0.1, 0.15) is 0 Å². The predicted octanol–water partition coefficient (Wildman–Crippen LogP) is 12.0. The van der Waals surface area contributed by atoms with Crippen molar-refractivity contribution in [3.8, 4) is 45.3 Å². The molecule has 11 aromatic rings. The fourth-order valence-corrected chi connectivity index (χ4v) is 7.51. The molecule has 0 fully saturated rings. The lowest BCUT2D eigenvalue weighted by atomic mass is 9.96. The van der Waals surface area contributed by atoms with Crippen LogP contribution in [0.4, 0.5) is 0 Å². The van der Waals surface area contributed by atoms with E-state index < -0.39 is 0 Å². The van der Waals surface area contributed by atoms with Crippen LogP contribution in [-0.2, 0) is 0 Å². The summed E-state index contributed by atoms with van der Waals surface area (Å²) in [5, 5.41) is 6.19. The van der Waals surface area contributed by atoms with Gasteiger partial charge in [0, 0.05) is 32.8 Å². The summed E-state index contributed by atoms with van der Waals surface area (Å²) in [7, 11) is 0. The van der Waals surface area contributed by atoms with E-state index in [1.807, 2.05) is 91.0 Å². The first-order valence-corrected chi connectivity index (χ1v) is 17.2. The summed E-state index contributed by atoms with van der Waals surface area (Å²) in [6.07, 6.45) is 0. The molecule has 0 aliphatic carbocycles. The first kappa shape index (κ1) is 28.6. The monoisotopic (exact) mass is 666 g/mol. The highest BCUT2D eigenvalue weighted by atomic mass is 16.3. The van der Waals surface area contributed by atoms with E-state index in [1.165, 1.54) is 0 Å². The minimum Gasteiger partial charge on any atom is -0.456 e. The molecular formula is C46H26N4O2. The maximum absolute atomic E-state index is 6.34. The number of nitrogens with zero attached hydrogens (tertiary/aromatic N) is 4. The second-order valence-electron chi connectivity index (χ2n) is 13.0. The first-order valence-electron chi connectivity index (χ1n) is 17.2. The summed E-state index contributed by atoms with van der Waals surface area (Å²) < 4.78 is 12.6. The lowest BCUT2D eigenvalue weighted by Crippen LogP contribution is -2.00. The molecule has 242 valence electrons. The molecule has 0 atom stereocenters. The minimum absolute atomic E-state index is 0.591. The Balaban J connectivity index is 1.10. The summed E-state index contributed by atoms with van der Waals surface area (Å²) in [6.45, 7) is 0. The van der Waals surface area contributed by atoms with E-state index in [0.29, 0.717) is 17.5 Å². The Morgan fingerprint density at radius 1 is 0.346 bits per heavy atom. The summed E-state index contributed by atoms with van der Waals surface area (Å²) >= 11 is 0. The van der Waals surface area contributed by atoms with Gasteiger partial charge in [-0.1, -0.05) is 121 Å². The fraction of sp³-hybridized carbons (Fsp3) is 0. The molecule has 0 bridgehead atoms. The average Bonchev–Trinajstić information content (AvgIpc) is 3.77. The predicted molar refractivity (Wildman–Crippen MR) is 209 cm³/mol. The van der Waals surface area contributed by atoms with Crippen LogP contribution in [0, 0.1) is 0 Å². The van der Waals surface area contributed by atoms with Gasteiger partial charge in [-0.05, 0) is 58.3 Å². The molecule has 6 heteroatoms. The van der Waals surface area contributed by atoms with Gasteiger partial charge in [0.25, 0.3) is 0 Å². The largest absolute Gasteiger partial charge is 0.456 e. The molecular weight excluding hydrogens is 641 g/mol. The van der Waals surface area contributed by atoms with E-state index in [4.69, 9.17) is 28.8 Å². The van der Waals surface area contributed by atoms with Crippen molar-refractivity contribution >= 4 is 65.7 Å². The van der Waals surface area contributed by atoms with Gasteiger partial charge in [0.1, 0.15) is 22.3 Å². The van der Waals surface area contributed by atoms with E-state index >= 15 is 0 Å². The molecule has 11 rings (SSSR count). The number of hydrogen-bond donors (Lipinski definition) is 0. The van der Waals surface area contributed by atoms with Crippen LogP contribution in [-0.4, -0.2) is 19.9 Å². The lowest BCUT2D eigenvalue weighted by Gasteiger charge is -2.12. The van der Waals surface area contributed by atoms with Crippen LogP contribution >= 0.6 is 0 Å². The van der Waals surface area contributed by atoms with Gasteiger partial charge in [0.05, 0.1) is 10.9 Å². The summed E-state index contributed by atoms with van der Waals surface area (Å²) in [5.74, 6) is 1.80. The van der Waals surface area contributed by atoms with Crippen molar-refractivity contribution in [3.05, 3.63) is 158 Å². The van der Waals surface area contributed by atoms with Gasteiger partial charge in [0.15, 0.2) is 23.1 Å². The fourth-order valence-electron chi connectivity index (χ4n) is 7.51. The smallest absolute Gasteiger partial charge is 0.164 e. The Bertz CT molecular complexity index is 3200. The molecule has 0 saturated carbocycles. The van der Waals surface area contributed by atoms with Crippen molar-refractivity contribution < 1.29 is 8.83 Å². The van der Waals surface area contributed by atoms with E-state index in [2.05, 4.69) is 66.7 Å². The zero-order valence-electron chi connectivity index (χ0n) is 27.6. The third kappa shape index (κ3) is 4.44. The zero-order valence-corrected chi connectivity index (χ0v) is 27.6. The number of pyridine rings is 1. The van der Waals surface area contributed by atoms with Crippen LogP contribution in [0.25, 0.3) is 111 Å². The zero-order chi connectivity index (χ0) is 34.2. The molecule has 52 heavy (non-hydrogen) atoms. The molecule has 0 spiro atoms. The highest BCUT2D eigenvalue weighted by Gasteiger charge is 2.20. The number of benzene rings is 7. The van der Waals surface area contributed by atoms with Gasteiger partial charge >= 0.3 is 0 Å². The van der Waals surface area contributed by atoms with Crippen LogP contribution < -0.4 is 0 Å². The standard InChI is InChI=1S/C46H26N4O2/c1-2-11-27(12-3-1)44-48-45(50-46(49-44)35-18-10-21-38-41(35)34-15-5-7-20-37(34)51-38)33-17-8-14-28-25-29(23-24-31(28)33)32-16-9-22-39-42(32)43-40(52-39)26-30-13-4-6-19-36(30)47-43/h1-26H. The Hall–Kier alpha value is -7.18. The number of fused-ring (bicyclic) bond motifs is 8. The minimum atomic E-state index is 0.591. The molecule has 0 radical (unpaired) electrons. The topological polar surface area (TPSA) is 77.8 Å². The molecule has 7 aromatic carbocycles. The van der Waals surface area contributed by atoms with E-state index in [-0.39, 0.29) is 0 Å². The molecule has 0 unspecified atom stereocenters. The van der Waals surface area contributed by atoms with E-state index in [0.717, 1.165) is 93.5 Å². The van der Waals surface area contributed by atoms with Gasteiger partial charge < -0.3 is 8.83 Å². The Labute approximate surface area is 296 Å². The van der Waals surface area contributed by atoms with Gasteiger partial charge in [-0.2, -0.15) is 0 Å². The lowest BCUT2D eigenvalue weighted by molar-refractivity contribution is 0.668. The Morgan fingerprint density at radius 2 is 1.00 bits per heavy atom. The molecule has 4 heterocycles. The maximum atomic E-state index is 6.34. The van der Waals surface area contributed by atoms with Crippen LogP contribution in [0.2, 0.25) is 0 Å². The maximum Gasteiger partial charge on any atom is 0.164 e. The number of hydrogen-bond acceptors (Lipinski definition) is 6. The Kier molecular flexibility index (Phi) is 6.15. The third-order valence-electron chi connectivity index (χ3n) is 9.92. The molecule has 6 nitrogen and oxygen atoms in total. The van der Waals surface area contributed by atoms with Gasteiger partial charge in [-0.15, -0.1) is 0 Å². The summed E-state index contributed by atoms with van der Waals surface area (Å²) in [6, 6.07) is 53.5. The van der Waals surface area contributed by atoms with Crippen LogP contribution in [0.15, 0.2) is 167 Å².